The predicted octanol–water partition coefficient (Wildman–Crippen LogP) is 5.26. The Morgan fingerprint density at radius 3 is 2.69 bits per heavy atom. The highest BCUT2D eigenvalue weighted by Crippen LogP contribution is 2.32. The summed E-state index contributed by atoms with van der Waals surface area (Å²) in [6.07, 6.45) is 2.62. The van der Waals surface area contributed by atoms with Crippen molar-refractivity contribution in [1.82, 2.24) is 10.1 Å². The van der Waals surface area contributed by atoms with Gasteiger partial charge in [0, 0.05) is 23.2 Å². The lowest BCUT2D eigenvalue weighted by molar-refractivity contribution is 0.0731. The standard InChI is InChI=1S/C25H27FN2O4/c1-3-5-14-31-22-11-8-18(15-23(22)30-4-2)25(29)28-13-12-20-21(16-28)27-32-24(20)17-6-9-19(26)10-7-17/h6-11,15H,3-5,12-14,16H2,1-2H3. The quantitative estimate of drug-likeness (QED) is 0.449. The van der Waals surface area contributed by atoms with E-state index < -0.39 is 0 Å². The minimum atomic E-state index is -0.299. The van der Waals surface area contributed by atoms with Crippen LogP contribution in [-0.4, -0.2) is 35.7 Å². The third kappa shape index (κ3) is 4.61. The molecule has 7 heteroatoms. The zero-order chi connectivity index (χ0) is 22.5. The number of nitrogens with zero attached hydrogens (tertiary/aromatic N) is 2. The van der Waals surface area contributed by atoms with E-state index in [1.807, 2.05) is 6.92 Å². The van der Waals surface area contributed by atoms with Gasteiger partial charge in [-0.05, 0) is 62.2 Å². The van der Waals surface area contributed by atoms with Crippen LogP contribution < -0.4 is 9.47 Å². The fraction of sp³-hybridized carbons (Fsp3) is 0.360. The molecule has 0 unspecified atom stereocenters. The summed E-state index contributed by atoms with van der Waals surface area (Å²) in [7, 11) is 0. The van der Waals surface area contributed by atoms with Gasteiger partial charge in [-0.1, -0.05) is 18.5 Å². The molecule has 0 spiro atoms. The van der Waals surface area contributed by atoms with Gasteiger partial charge in [-0.25, -0.2) is 4.39 Å². The smallest absolute Gasteiger partial charge is 0.254 e. The molecule has 1 aliphatic rings. The number of hydrogen-bond donors (Lipinski definition) is 0. The van der Waals surface area contributed by atoms with Gasteiger partial charge in [0.1, 0.15) is 11.5 Å². The molecule has 0 saturated carbocycles. The molecule has 0 saturated heterocycles. The number of hydrogen-bond acceptors (Lipinski definition) is 5. The number of carbonyl (C=O) groups excluding carboxylic acids is 1. The highest BCUT2D eigenvalue weighted by atomic mass is 19.1. The Morgan fingerprint density at radius 1 is 1.12 bits per heavy atom. The zero-order valence-electron chi connectivity index (χ0n) is 18.4. The minimum absolute atomic E-state index is 0.0944. The molecular weight excluding hydrogens is 411 g/mol. The SMILES string of the molecule is CCCCOc1ccc(C(=O)N2CCc3c(noc3-c3ccc(F)cc3)C2)cc1OCC. The summed E-state index contributed by atoms with van der Waals surface area (Å²) in [5.41, 5.74) is 3.02. The van der Waals surface area contributed by atoms with Crippen LogP contribution in [0.5, 0.6) is 11.5 Å². The van der Waals surface area contributed by atoms with E-state index in [0.717, 1.165) is 29.7 Å². The van der Waals surface area contributed by atoms with Gasteiger partial charge in [-0.15, -0.1) is 0 Å². The molecule has 1 amide bonds. The summed E-state index contributed by atoms with van der Waals surface area (Å²) >= 11 is 0. The van der Waals surface area contributed by atoms with E-state index in [0.29, 0.717) is 55.5 Å². The first-order valence-corrected chi connectivity index (χ1v) is 11.0. The molecule has 3 aromatic rings. The number of halogens is 1. The molecule has 168 valence electrons. The lowest BCUT2D eigenvalue weighted by Gasteiger charge is -2.26. The monoisotopic (exact) mass is 438 g/mol. The van der Waals surface area contributed by atoms with Gasteiger partial charge in [-0.2, -0.15) is 0 Å². The van der Waals surface area contributed by atoms with E-state index in [1.54, 1.807) is 35.2 Å². The Hall–Kier alpha value is -3.35. The second-order valence-corrected chi connectivity index (χ2v) is 7.72. The van der Waals surface area contributed by atoms with Gasteiger partial charge >= 0.3 is 0 Å². The van der Waals surface area contributed by atoms with Crippen molar-refractivity contribution in [3.05, 3.63) is 65.1 Å². The number of fused-ring (bicyclic) bond motifs is 1. The third-order valence-corrected chi connectivity index (χ3v) is 5.48. The largest absolute Gasteiger partial charge is 0.490 e. The lowest BCUT2D eigenvalue weighted by Crippen LogP contribution is -2.36. The molecule has 2 aromatic carbocycles. The summed E-state index contributed by atoms with van der Waals surface area (Å²) in [5.74, 6) is 1.47. The third-order valence-electron chi connectivity index (χ3n) is 5.48. The van der Waals surface area contributed by atoms with Gasteiger partial charge in [0.2, 0.25) is 0 Å². The number of benzene rings is 2. The lowest BCUT2D eigenvalue weighted by atomic mass is 10.00. The Kier molecular flexibility index (Phi) is 6.73. The number of ether oxygens (including phenoxy) is 2. The Labute approximate surface area is 186 Å². The minimum Gasteiger partial charge on any atom is -0.490 e. The second-order valence-electron chi connectivity index (χ2n) is 7.72. The number of carbonyl (C=O) groups is 1. The van der Waals surface area contributed by atoms with Crippen molar-refractivity contribution >= 4 is 5.91 Å². The summed E-state index contributed by atoms with van der Waals surface area (Å²) < 4.78 is 30.3. The molecule has 2 heterocycles. The molecule has 0 N–H and O–H groups in total. The first kappa shape index (κ1) is 21.9. The maximum atomic E-state index is 13.2. The highest BCUT2D eigenvalue weighted by molar-refractivity contribution is 5.95. The van der Waals surface area contributed by atoms with E-state index in [2.05, 4.69) is 12.1 Å². The Balaban J connectivity index is 1.50. The maximum absolute atomic E-state index is 13.2. The van der Waals surface area contributed by atoms with Crippen LogP contribution in [-0.2, 0) is 13.0 Å². The highest BCUT2D eigenvalue weighted by Gasteiger charge is 2.28. The number of rotatable bonds is 8. The van der Waals surface area contributed by atoms with E-state index >= 15 is 0 Å². The van der Waals surface area contributed by atoms with Crippen LogP contribution in [0, 0.1) is 5.82 Å². The van der Waals surface area contributed by atoms with Crippen LogP contribution in [0.15, 0.2) is 47.0 Å². The molecule has 1 aliphatic heterocycles. The zero-order valence-corrected chi connectivity index (χ0v) is 18.4. The molecule has 0 fully saturated rings. The van der Waals surface area contributed by atoms with Gasteiger partial charge < -0.3 is 18.9 Å². The fourth-order valence-electron chi connectivity index (χ4n) is 3.77. The Bertz CT molecular complexity index is 1080. The van der Waals surface area contributed by atoms with Crippen molar-refractivity contribution in [3.8, 4) is 22.8 Å². The first-order valence-electron chi connectivity index (χ1n) is 11.0. The first-order chi connectivity index (χ1) is 15.6. The number of unbranched alkanes of at least 4 members (excludes halogenated alkanes) is 1. The van der Waals surface area contributed by atoms with Crippen molar-refractivity contribution in [2.75, 3.05) is 19.8 Å². The molecule has 0 bridgehead atoms. The summed E-state index contributed by atoms with van der Waals surface area (Å²) in [4.78, 5) is 14.9. The Morgan fingerprint density at radius 2 is 1.94 bits per heavy atom. The van der Waals surface area contributed by atoms with Crippen LogP contribution in [0.25, 0.3) is 11.3 Å². The molecule has 32 heavy (non-hydrogen) atoms. The van der Waals surface area contributed by atoms with E-state index in [9.17, 15) is 9.18 Å². The predicted molar refractivity (Wildman–Crippen MR) is 118 cm³/mol. The topological polar surface area (TPSA) is 64.8 Å². The maximum Gasteiger partial charge on any atom is 0.254 e. The van der Waals surface area contributed by atoms with E-state index in [1.165, 1.54) is 12.1 Å². The normalized spacial score (nSPS) is 13.0. The van der Waals surface area contributed by atoms with Gasteiger partial charge in [0.15, 0.2) is 17.3 Å². The second kappa shape index (κ2) is 9.85. The molecular formula is C25H27FN2O4. The van der Waals surface area contributed by atoms with E-state index in [-0.39, 0.29) is 11.7 Å². The van der Waals surface area contributed by atoms with Crippen molar-refractivity contribution in [1.29, 1.82) is 0 Å². The molecule has 0 radical (unpaired) electrons. The van der Waals surface area contributed by atoms with Crippen LogP contribution >= 0.6 is 0 Å². The molecule has 4 rings (SSSR count). The average molecular weight is 438 g/mol. The van der Waals surface area contributed by atoms with Crippen LogP contribution in [0.4, 0.5) is 4.39 Å². The summed E-state index contributed by atoms with van der Waals surface area (Å²) in [6, 6.07) is 11.5. The molecule has 6 nitrogen and oxygen atoms in total. The summed E-state index contributed by atoms with van der Waals surface area (Å²) in [5, 5.41) is 4.18. The number of amides is 1. The van der Waals surface area contributed by atoms with Crippen LogP contribution in [0.3, 0.4) is 0 Å². The molecule has 1 aromatic heterocycles. The van der Waals surface area contributed by atoms with Gasteiger partial charge in [0.05, 0.1) is 19.8 Å². The molecule has 0 atom stereocenters. The van der Waals surface area contributed by atoms with Crippen LogP contribution in [0.1, 0.15) is 48.3 Å². The van der Waals surface area contributed by atoms with Crippen molar-refractivity contribution in [2.45, 2.75) is 39.7 Å². The summed E-state index contributed by atoms with van der Waals surface area (Å²) in [6.45, 7) is 6.01. The van der Waals surface area contributed by atoms with Crippen molar-refractivity contribution in [2.24, 2.45) is 0 Å². The van der Waals surface area contributed by atoms with Crippen molar-refractivity contribution < 1.29 is 23.2 Å². The number of aromatic nitrogens is 1. The van der Waals surface area contributed by atoms with Crippen molar-refractivity contribution in [3.63, 3.8) is 0 Å². The average Bonchev–Trinajstić information content (AvgIpc) is 3.23. The molecule has 0 aliphatic carbocycles. The van der Waals surface area contributed by atoms with Gasteiger partial charge in [0.25, 0.3) is 5.91 Å². The van der Waals surface area contributed by atoms with Crippen LogP contribution in [0.2, 0.25) is 0 Å². The fourth-order valence-corrected chi connectivity index (χ4v) is 3.77. The van der Waals surface area contributed by atoms with E-state index in [4.69, 9.17) is 14.0 Å². The van der Waals surface area contributed by atoms with Gasteiger partial charge in [-0.3, -0.25) is 4.79 Å².